The fraction of sp³-hybridized carbons (Fsp3) is 0.0833. The zero-order valence-electron chi connectivity index (χ0n) is 9.09. The SMILES string of the molecule is C=CCn1c(=O)ccc2ncc(C(N)=O)cc21. The molecule has 86 valence electrons. The maximum atomic E-state index is 11.7. The lowest BCUT2D eigenvalue weighted by Crippen LogP contribution is -2.19. The fourth-order valence-electron chi connectivity index (χ4n) is 1.62. The van der Waals surface area contributed by atoms with E-state index in [-0.39, 0.29) is 11.1 Å². The van der Waals surface area contributed by atoms with Crippen molar-refractivity contribution in [1.82, 2.24) is 9.55 Å². The molecule has 2 rings (SSSR count). The number of pyridine rings is 2. The molecule has 0 saturated carbocycles. The number of primary amides is 1. The van der Waals surface area contributed by atoms with Crippen molar-refractivity contribution in [3.8, 4) is 0 Å². The third kappa shape index (κ3) is 1.94. The summed E-state index contributed by atoms with van der Waals surface area (Å²) in [6, 6.07) is 4.61. The van der Waals surface area contributed by atoms with Crippen LogP contribution in [-0.2, 0) is 6.54 Å². The van der Waals surface area contributed by atoms with Crippen LogP contribution in [0.5, 0.6) is 0 Å². The van der Waals surface area contributed by atoms with Crippen molar-refractivity contribution in [2.75, 3.05) is 0 Å². The first-order chi connectivity index (χ1) is 8.13. The molecule has 0 fully saturated rings. The summed E-state index contributed by atoms with van der Waals surface area (Å²) >= 11 is 0. The van der Waals surface area contributed by atoms with Crippen molar-refractivity contribution in [1.29, 1.82) is 0 Å². The maximum absolute atomic E-state index is 11.7. The van der Waals surface area contributed by atoms with Gasteiger partial charge in [-0.05, 0) is 12.1 Å². The minimum atomic E-state index is -0.569. The predicted octanol–water partition coefficient (Wildman–Crippen LogP) is 0.681. The Morgan fingerprint density at radius 2 is 2.29 bits per heavy atom. The molecule has 0 atom stereocenters. The summed E-state index contributed by atoms with van der Waals surface area (Å²) in [5.41, 5.74) is 6.51. The number of rotatable bonds is 3. The molecule has 2 aromatic heterocycles. The van der Waals surface area contributed by atoms with Gasteiger partial charge in [0.15, 0.2) is 0 Å². The van der Waals surface area contributed by atoms with Crippen LogP contribution in [-0.4, -0.2) is 15.5 Å². The molecule has 0 bridgehead atoms. The molecule has 2 N–H and O–H groups in total. The summed E-state index contributed by atoms with van der Waals surface area (Å²) in [7, 11) is 0. The van der Waals surface area contributed by atoms with Gasteiger partial charge in [-0.25, -0.2) is 0 Å². The predicted molar refractivity (Wildman–Crippen MR) is 64.7 cm³/mol. The maximum Gasteiger partial charge on any atom is 0.251 e. The van der Waals surface area contributed by atoms with Crippen LogP contribution in [0.4, 0.5) is 0 Å². The van der Waals surface area contributed by atoms with E-state index >= 15 is 0 Å². The molecule has 0 unspecified atom stereocenters. The van der Waals surface area contributed by atoms with Crippen molar-refractivity contribution < 1.29 is 4.79 Å². The number of hydrogen-bond donors (Lipinski definition) is 1. The number of amides is 1. The molecule has 0 aliphatic carbocycles. The summed E-state index contributed by atoms with van der Waals surface area (Å²) in [4.78, 5) is 26.8. The number of carbonyl (C=O) groups excluding carboxylic acids is 1. The number of hydrogen-bond acceptors (Lipinski definition) is 3. The highest BCUT2D eigenvalue weighted by Gasteiger charge is 2.06. The largest absolute Gasteiger partial charge is 0.366 e. The molecule has 5 nitrogen and oxygen atoms in total. The summed E-state index contributed by atoms with van der Waals surface area (Å²) in [5, 5.41) is 0. The Kier molecular flexibility index (Phi) is 2.74. The molecule has 0 aliphatic heterocycles. The van der Waals surface area contributed by atoms with Crippen molar-refractivity contribution in [2.45, 2.75) is 6.54 Å². The topological polar surface area (TPSA) is 78.0 Å². The van der Waals surface area contributed by atoms with E-state index in [1.165, 1.54) is 16.8 Å². The molecule has 5 heteroatoms. The molecular weight excluding hydrogens is 218 g/mol. The molecule has 1 amide bonds. The van der Waals surface area contributed by atoms with Crippen molar-refractivity contribution in [2.24, 2.45) is 5.73 Å². The van der Waals surface area contributed by atoms with Crippen molar-refractivity contribution >= 4 is 16.9 Å². The monoisotopic (exact) mass is 229 g/mol. The zero-order valence-corrected chi connectivity index (χ0v) is 9.09. The van der Waals surface area contributed by atoms with Crippen LogP contribution >= 0.6 is 0 Å². The third-order valence-corrected chi connectivity index (χ3v) is 2.43. The van der Waals surface area contributed by atoms with Gasteiger partial charge in [-0.2, -0.15) is 0 Å². The minimum Gasteiger partial charge on any atom is -0.366 e. The van der Waals surface area contributed by atoms with Gasteiger partial charge >= 0.3 is 0 Å². The van der Waals surface area contributed by atoms with Crippen LogP contribution in [0.2, 0.25) is 0 Å². The lowest BCUT2D eigenvalue weighted by Gasteiger charge is -2.07. The summed E-state index contributed by atoms with van der Waals surface area (Å²) in [5.74, 6) is -0.569. The highest BCUT2D eigenvalue weighted by Crippen LogP contribution is 2.11. The lowest BCUT2D eigenvalue weighted by atomic mass is 10.2. The Hall–Kier alpha value is -2.43. The second-order valence-corrected chi connectivity index (χ2v) is 3.56. The fourth-order valence-corrected chi connectivity index (χ4v) is 1.62. The van der Waals surface area contributed by atoms with E-state index in [1.54, 1.807) is 18.2 Å². The van der Waals surface area contributed by atoms with E-state index in [1.807, 2.05) is 0 Å². The Bertz CT molecular complexity index is 658. The molecule has 0 saturated heterocycles. The number of fused-ring (bicyclic) bond motifs is 1. The number of carbonyl (C=O) groups is 1. The molecule has 2 aromatic rings. The van der Waals surface area contributed by atoms with Crippen LogP contribution in [0, 0.1) is 0 Å². The number of aromatic nitrogens is 2. The molecule has 0 radical (unpaired) electrons. The van der Waals surface area contributed by atoms with Gasteiger partial charge in [0.1, 0.15) is 0 Å². The third-order valence-electron chi connectivity index (χ3n) is 2.43. The number of nitrogens with two attached hydrogens (primary N) is 1. The van der Waals surface area contributed by atoms with Gasteiger partial charge in [0.05, 0.1) is 16.6 Å². The Balaban J connectivity index is 2.80. The first-order valence-corrected chi connectivity index (χ1v) is 5.04. The standard InChI is InChI=1S/C12H11N3O2/c1-2-5-15-10-6-8(12(13)17)7-14-9(10)3-4-11(15)16/h2-4,6-7H,1,5H2,(H2,13,17). The highest BCUT2D eigenvalue weighted by molar-refractivity contribution is 5.95. The highest BCUT2D eigenvalue weighted by atomic mass is 16.1. The second-order valence-electron chi connectivity index (χ2n) is 3.56. The van der Waals surface area contributed by atoms with Crippen LogP contribution in [0.15, 0.2) is 41.8 Å². The average Bonchev–Trinajstić information content (AvgIpc) is 2.32. The Labute approximate surface area is 97.2 Å². The lowest BCUT2D eigenvalue weighted by molar-refractivity contribution is 0.1000. The van der Waals surface area contributed by atoms with Gasteiger partial charge < -0.3 is 10.3 Å². The van der Waals surface area contributed by atoms with Crippen LogP contribution in [0.3, 0.4) is 0 Å². The van der Waals surface area contributed by atoms with Crippen LogP contribution < -0.4 is 11.3 Å². The van der Waals surface area contributed by atoms with E-state index in [9.17, 15) is 9.59 Å². The van der Waals surface area contributed by atoms with Gasteiger partial charge in [-0.15, -0.1) is 6.58 Å². The van der Waals surface area contributed by atoms with Gasteiger partial charge in [-0.1, -0.05) is 6.08 Å². The summed E-state index contributed by atoms with van der Waals surface area (Å²) in [6.45, 7) is 3.95. The van der Waals surface area contributed by atoms with E-state index < -0.39 is 5.91 Å². The van der Waals surface area contributed by atoms with Gasteiger partial charge in [0, 0.05) is 18.8 Å². The zero-order chi connectivity index (χ0) is 12.4. The van der Waals surface area contributed by atoms with Gasteiger partial charge in [-0.3, -0.25) is 14.6 Å². The second kappa shape index (κ2) is 4.21. The van der Waals surface area contributed by atoms with E-state index in [4.69, 9.17) is 5.73 Å². The summed E-state index contributed by atoms with van der Waals surface area (Å²) < 4.78 is 1.49. The molecular formula is C12H11N3O2. The normalized spacial score (nSPS) is 10.4. The van der Waals surface area contributed by atoms with E-state index in [0.29, 0.717) is 17.6 Å². The minimum absolute atomic E-state index is 0.166. The van der Waals surface area contributed by atoms with E-state index in [2.05, 4.69) is 11.6 Å². The first kappa shape index (κ1) is 11.1. The molecule has 17 heavy (non-hydrogen) atoms. The molecule has 0 aromatic carbocycles. The van der Waals surface area contributed by atoms with E-state index in [0.717, 1.165) is 0 Å². The van der Waals surface area contributed by atoms with Crippen molar-refractivity contribution in [3.63, 3.8) is 0 Å². The van der Waals surface area contributed by atoms with Crippen LogP contribution in [0.25, 0.3) is 11.0 Å². The van der Waals surface area contributed by atoms with Gasteiger partial charge in [0.2, 0.25) is 5.91 Å². The summed E-state index contributed by atoms with van der Waals surface area (Å²) in [6.07, 6.45) is 3.01. The molecule has 2 heterocycles. The quantitative estimate of drug-likeness (QED) is 0.786. The first-order valence-electron chi connectivity index (χ1n) is 5.04. The molecule has 0 spiro atoms. The Morgan fingerprint density at radius 1 is 1.53 bits per heavy atom. The number of nitrogens with zero attached hydrogens (tertiary/aromatic N) is 2. The Morgan fingerprint density at radius 3 is 2.94 bits per heavy atom. The van der Waals surface area contributed by atoms with Crippen molar-refractivity contribution in [3.05, 3.63) is 53.0 Å². The molecule has 0 aliphatic rings. The smallest absolute Gasteiger partial charge is 0.251 e. The number of allylic oxidation sites excluding steroid dienone is 1. The van der Waals surface area contributed by atoms with Crippen LogP contribution in [0.1, 0.15) is 10.4 Å². The average molecular weight is 229 g/mol. The van der Waals surface area contributed by atoms with Gasteiger partial charge in [0.25, 0.3) is 5.56 Å².